The topological polar surface area (TPSA) is 60.9 Å². The first-order valence-electron chi connectivity index (χ1n) is 9.32. The summed E-state index contributed by atoms with van der Waals surface area (Å²) in [5.74, 6) is -1.67. The zero-order chi connectivity index (χ0) is 19.1. The number of likely N-dealkylation sites (N-methyl/N-ethyl adjacent to an activating group) is 1. The molecule has 0 saturated heterocycles. The van der Waals surface area contributed by atoms with Gasteiger partial charge in [0.25, 0.3) is 0 Å². The van der Waals surface area contributed by atoms with Gasteiger partial charge in [0.15, 0.2) is 0 Å². The van der Waals surface area contributed by atoms with Gasteiger partial charge < -0.3 is 10.0 Å². The SMILES string of the molecule is CC(CN(C)CC(=O)N(Cc1ccc(F)cc1)C1CCCCC1)C(=O)O. The molecule has 1 aliphatic carbocycles. The number of amides is 1. The van der Waals surface area contributed by atoms with E-state index < -0.39 is 11.9 Å². The second-order valence-corrected chi connectivity index (χ2v) is 7.38. The van der Waals surface area contributed by atoms with Crippen molar-refractivity contribution >= 4 is 11.9 Å². The number of benzene rings is 1. The number of aliphatic carboxylic acids is 1. The van der Waals surface area contributed by atoms with Crippen LogP contribution in [0.4, 0.5) is 4.39 Å². The van der Waals surface area contributed by atoms with Gasteiger partial charge in [-0.15, -0.1) is 0 Å². The van der Waals surface area contributed by atoms with Crippen molar-refractivity contribution in [2.45, 2.75) is 51.6 Å². The van der Waals surface area contributed by atoms with Gasteiger partial charge in [-0.05, 0) is 37.6 Å². The number of hydrogen-bond acceptors (Lipinski definition) is 3. The lowest BCUT2D eigenvalue weighted by Gasteiger charge is -2.35. The van der Waals surface area contributed by atoms with Crippen molar-refractivity contribution in [3.8, 4) is 0 Å². The van der Waals surface area contributed by atoms with Crippen LogP contribution in [0.25, 0.3) is 0 Å². The van der Waals surface area contributed by atoms with E-state index in [1.807, 2.05) is 4.90 Å². The fourth-order valence-electron chi connectivity index (χ4n) is 3.53. The number of rotatable bonds is 8. The summed E-state index contributed by atoms with van der Waals surface area (Å²) in [4.78, 5) is 27.6. The number of carbonyl (C=O) groups is 2. The van der Waals surface area contributed by atoms with Gasteiger partial charge in [0.2, 0.25) is 5.91 Å². The van der Waals surface area contributed by atoms with Crippen molar-refractivity contribution in [3.63, 3.8) is 0 Å². The fraction of sp³-hybridized carbons (Fsp3) is 0.600. The summed E-state index contributed by atoms with van der Waals surface area (Å²) < 4.78 is 13.2. The van der Waals surface area contributed by atoms with Crippen molar-refractivity contribution in [1.29, 1.82) is 0 Å². The molecule has 1 unspecified atom stereocenters. The standard InChI is InChI=1S/C20H29FN2O3/c1-15(20(25)26)12-22(2)14-19(24)23(18-6-4-3-5-7-18)13-16-8-10-17(21)11-9-16/h8-11,15,18H,3-7,12-14H2,1-2H3,(H,25,26). The molecule has 1 amide bonds. The molecule has 0 heterocycles. The first kappa shape index (κ1) is 20.4. The highest BCUT2D eigenvalue weighted by molar-refractivity contribution is 5.78. The van der Waals surface area contributed by atoms with Gasteiger partial charge >= 0.3 is 5.97 Å². The van der Waals surface area contributed by atoms with Gasteiger partial charge in [-0.1, -0.05) is 38.3 Å². The average Bonchev–Trinajstić information content (AvgIpc) is 2.61. The molecule has 1 aromatic rings. The van der Waals surface area contributed by atoms with Gasteiger partial charge in [-0.3, -0.25) is 14.5 Å². The molecule has 0 radical (unpaired) electrons. The van der Waals surface area contributed by atoms with E-state index in [2.05, 4.69) is 0 Å². The molecule has 0 aliphatic heterocycles. The molecule has 1 N–H and O–H groups in total. The predicted octanol–water partition coefficient (Wildman–Crippen LogP) is 3.14. The Morgan fingerprint density at radius 3 is 2.38 bits per heavy atom. The van der Waals surface area contributed by atoms with E-state index in [0.29, 0.717) is 13.1 Å². The van der Waals surface area contributed by atoms with E-state index in [9.17, 15) is 14.0 Å². The largest absolute Gasteiger partial charge is 0.481 e. The van der Waals surface area contributed by atoms with E-state index in [1.165, 1.54) is 18.6 Å². The van der Waals surface area contributed by atoms with Gasteiger partial charge in [-0.2, -0.15) is 0 Å². The highest BCUT2D eigenvalue weighted by Crippen LogP contribution is 2.24. The minimum Gasteiger partial charge on any atom is -0.481 e. The normalized spacial score (nSPS) is 16.5. The number of nitrogens with zero attached hydrogens (tertiary/aromatic N) is 2. The monoisotopic (exact) mass is 364 g/mol. The Hall–Kier alpha value is -1.95. The average molecular weight is 364 g/mol. The molecule has 1 fully saturated rings. The van der Waals surface area contributed by atoms with Crippen molar-refractivity contribution in [2.24, 2.45) is 5.92 Å². The Labute approximate surface area is 154 Å². The van der Waals surface area contributed by atoms with Crippen LogP contribution in [0.15, 0.2) is 24.3 Å². The van der Waals surface area contributed by atoms with Crippen molar-refractivity contribution in [3.05, 3.63) is 35.6 Å². The Morgan fingerprint density at radius 1 is 1.19 bits per heavy atom. The minimum atomic E-state index is -0.861. The van der Waals surface area contributed by atoms with Gasteiger partial charge in [0.1, 0.15) is 5.82 Å². The minimum absolute atomic E-state index is 0.00122. The van der Waals surface area contributed by atoms with Crippen LogP contribution >= 0.6 is 0 Å². The first-order valence-corrected chi connectivity index (χ1v) is 9.32. The van der Waals surface area contributed by atoms with Crippen molar-refractivity contribution in [1.82, 2.24) is 9.80 Å². The maximum absolute atomic E-state index is 13.2. The summed E-state index contributed by atoms with van der Waals surface area (Å²) in [6.07, 6.45) is 5.41. The highest BCUT2D eigenvalue weighted by atomic mass is 19.1. The number of carboxylic acid groups (broad SMARTS) is 1. The third-order valence-corrected chi connectivity index (χ3v) is 5.01. The zero-order valence-electron chi connectivity index (χ0n) is 15.7. The molecule has 1 aliphatic rings. The van der Waals surface area contributed by atoms with Crippen LogP contribution in [0, 0.1) is 11.7 Å². The molecule has 2 rings (SSSR count). The van der Waals surface area contributed by atoms with Gasteiger partial charge in [-0.25, -0.2) is 4.39 Å². The van der Waals surface area contributed by atoms with E-state index in [1.54, 1.807) is 31.0 Å². The maximum atomic E-state index is 13.2. The van der Waals surface area contributed by atoms with Crippen LogP contribution in [0.5, 0.6) is 0 Å². The summed E-state index contributed by atoms with van der Waals surface area (Å²) >= 11 is 0. The lowest BCUT2D eigenvalue weighted by molar-refractivity contribution is -0.143. The molecular formula is C20H29FN2O3. The third-order valence-electron chi connectivity index (χ3n) is 5.01. The number of hydrogen-bond donors (Lipinski definition) is 1. The number of carbonyl (C=O) groups excluding carboxylic acids is 1. The van der Waals surface area contributed by atoms with Gasteiger partial charge in [0, 0.05) is 19.1 Å². The lowest BCUT2D eigenvalue weighted by atomic mass is 9.93. The highest BCUT2D eigenvalue weighted by Gasteiger charge is 2.27. The maximum Gasteiger partial charge on any atom is 0.307 e. The molecule has 0 aromatic heterocycles. The summed E-state index contributed by atoms with van der Waals surface area (Å²) in [7, 11) is 1.77. The Kier molecular flexibility index (Phi) is 7.57. The first-order chi connectivity index (χ1) is 12.4. The molecular weight excluding hydrogens is 335 g/mol. The number of carboxylic acids is 1. The summed E-state index contributed by atoms with van der Waals surface area (Å²) in [5, 5.41) is 9.04. The van der Waals surface area contributed by atoms with E-state index >= 15 is 0 Å². The molecule has 26 heavy (non-hydrogen) atoms. The molecule has 1 atom stereocenters. The smallest absolute Gasteiger partial charge is 0.307 e. The molecule has 144 valence electrons. The second kappa shape index (κ2) is 9.67. The van der Waals surface area contributed by atoms with Crippen LogP contribution in [-0.4, -0.2) is 53.0 Å². The van der Waals surface area contributed by atoms with E-state index in [4.69, 9.17) is 5.11 Å². The van der Waals surface area contributed by atoms with Crippen LogP contribution in [-0.2, 0) is 16.1 Å². The second-order valence-electron chi connectivity index (χ2n) is 7.38. The molecule has 1 aromatic carbocycles. The van der Waals surface area contributed by atoms with E-state index in [-0.39, 0.29) is 24.3 Å². The zero-order valence-corrected chi connectivity index (χ0v) is 15.7. The van der Waals surface area contributed by atoms with Crippen molar-refractivity contribution < 1.29 is 19.1 Å². The Bertz CT molecular complexity index is 600. The van der Waals surface area contributed by atoms with Crippen molar-refractivity contribution in [2.75, 3.05) is 20.1 Å². The molecule has 6 heteroatoms. The van der Waals surface area contributed by atoms with Crippen LogP contribution in [0.3, 0.4) is 0 Å². The summed E-state index contributed by atoms with van der Waals surface area (Å²) in [6.45, 7) is 2.62. The predicted molar refractivity (Wildman–Crippen MR) is 98.1 cm³/mol. The molecule has 5 nitrogen and oxygen atoms in total. The third kappa shape index (κ3) is 6.09. The van der Waals surface area contributed by atoms with Crippen LogP contribution in [0.1, 0.15) is 44.6 Å². The Morgan fingerprint density at radius 2 is 1.81 bits per heavy atom. The van der Waals surface area contributed by atoms with Gasteiger partial charge in [0.05, 0.1) is 12.5 Å². The summed E-state index contributed by atoms with van der Waals surface area (Å²) in [6, 6.07) is 6.47. The van der Waals surface area contributed by atoms with Crippen LogP contribution in [0.2, 0.25) is 0 Å². The molecule has 0 spiro atoms. The quantitative estimate of drug-likeness (QED) is 0.770. The fourth-order valence-corrected chi connectivity index (χ4v) is 3.53. The summed E-state index contributed by atoms with van der Waals surface area (Å²) in [5.41, 5.74) is 0.909. The van der Waals surface area contributed by atoms with Crippen LogP contribution < -0.4 is 0 Å². The number of halogens is 1. The van der Waals surface area contributed by atoms with E-state index in [0.717, 1.165) is 31.2 Å². The molecule has 0 bridgehead atoms. The molecule has 1 saturated carbocycles. The Balaban J connectivity index is 2.05. The lowest BCUT2D eigenvalue weighted by Crippen LogP contribution is -2.46.